The summed E-state index contributed by atoms with van der Waals surface area (Å²) in [4.78, 5) is 17.1. The highest BCUT2D eigenvalue weighted by Crippen LogP contribution is 2.33. The van der Waals surface area contributed by atoms with Gasteiger partial charge in [0, 0.05) is 27.8 Å². The van der Waals surface area contributed by atoms with Gasteiger partial charge in [0.1, 0.15) is 0 Å². The lowest BCUT2D eigenvalue weighted by Crippen LogP contribution is -2.11. The van der Waals surface area contributed by atoms with Crippen molar-refractivity contribution in [2.45, 2.75) is 12.3 Å². The zero-order chi connectivity index (χ0) is 23.4. The second-order valence-electron chi connectivity index (χ2n) is 7.75. The Morgan fingerprint density at radius 2 is 1.82 bits per heavy atom. The number of nitrogens with zero attached hydrogens (tertiary/aromatic N) is 1. The van der Waals surface area contributed by atoms with Crippen LogP contribution in [0.25, 0.3) is 16.5 Å². The maximum Gasteiger partial charge on any atom is 0.338 e. The summed E-state index contributed by atoms with van der Waals surface area (Å²) >= 11 is 12.3. The molecule has 166 valence electrons. The van der Waals surface area contributed by atoms with E-state index >= 15 is 0 Å². The fourth-order valence-electron chi connectivity index (χ4n) is 4.06. The van der Waals surface area contributed by atoms with Crippen molar-refractivity contribution in [1.29, 1.82) is 0 Å². The molecule has 0 aliphatic carbocycles. The summed E-state index contributed by atoms with van der Waals surface area (Å²) in [7, 11) is 1.39. The van der Waals surface area contributed by atoms with Crippen LogP contribution in [-0.2, 0) is 4.74 Å². The molecule has 0 bridgehead atoms. The Morgan fingerprint density at radius 1 is 1.03 bits per heavy atom. The van der Waals surface area contributed by atoms with Gasteiger partial charge in [0.05, 0.1) is 23.9 Å². The number of carbonyl (C=O) groups is 1. The van der Waals surface area contributed by atoms with E-state index in [1.807, 2.05) is 60.7 Å². The van der Waals surface area contributed by atoms with E-state index < -0.39 is 0 Å². The molecule has 1 heterocycles. The SMILES string of the molecule is C=C(c1cccc([C@H](CCCl)c2ccccc2C(=O)OC)c1)c1ccc2ccc(Cl)cc2n1. The molecule has 0 aliphatic rings. The number of fused-ring (bicyclic) bond motifs is 1. The Morgan fingerprint density at radius 3 is 2.61 bits per heavy atom. The minimum absolute atomic E-state index is 0.0612. The number of esters is 1. The van der Waals surface area contributed by atoms with E-state index in [4.69, 9.17) is 32.9 Å². The van der Waals surface area contributed by atoms with Crippen LogP contribution in [0.15, 0.2) is 85.4 Å². The predicted molar refractivity (Wildman–Crippen MR) is 136 cm³/mol. The van der Waals surface area contributed by atoms with E-state index in [9.17, 15) is 4.79 Å². The molecule has 0 unspecified atom stereocenters. The van der Waals surface area contributed by atoms with Crippen LogP contribution in [-0.4, -0.2) is 23.9 Å². The summed E-state index contributed by atoms with van der Waals surface area (Å²) in [6.07, 6.45) is 0.679. The molecule has 0 amide bonds. The second kappa shape index (κ2) is 10.2. The molecule has 0 spiro atoms. The highest BCUT2D eigenvalue weighted by Gasteiger charge is 2.21. The highest BCUT2D eigenvalue weighted by molar-refractivity contribution is 6.31. The molecule has 1 atom stereocenters. The van der Waals surface area contributed by atoms with Crippen LogP contribution in [0.2, 0.25) is 5.02 Å². The number of alkyl halides is 1. The van der Waals surface area contributed by atoms with E-state index in [2.05, 4.69) is 18.7 Å². The van der Waals surface area contributed by atoms with Gasteiger partial charge in [-0.1, -0.05) is 72.8 Å². The Balaban J connectivity index is 1.73. The lowest BCUT2D eigenvalue weighted by Gasteiger charge is -2.20. The van der Waals surface area contributed by atoms with Crippen molar-refractivity contribution < 1.29 is 9.53 Å². The first-order valence-electron chi connectivity index (χ1n) is 10.6. The molecule has 0 aliphatic heterocycles. The third-order valence-electron chi connectivity index (χ3n) is 5.74. The van der Waals surface area contributed by atoms with Crippen molar-refractivity contribution in [3.63, 3.8) is 0 Å². The molecule has 33 heavy (non-hydrogen) atoms. The third-order valence-corrected chi connectivity index (χ3v) is 6.19. The maximum absolute atomic E-state index is 12.4. The molecule has 5 heteroatoms. The molecule has 4 aromatic rings. The Labute approximate surface area is 203 Å². The van der Waals surface area contributed by atoms with E-state index in [-0.39, 0.29) is 11.9 Å². The van der Waals surface area contributed by atoms with Gasteiger partial charge in [0.2, 0.25) is 0 Å². The Bertz CT molecular complexity index is 1330. The zero-order valence-corrected chi connectivity index (χ0v) is 19.7. The van der Waals surface area contributed by atoms with E-state index in [0.717, 1.165) is 38.9 Å². The van der Waals surface area contributed by atoms with Crippen LogP contribution >= 0.6 is 23.2 Å². The number of aromatic nitrogens is 1. The van der Waals surface area contributed by atoms with Crippen molar-refractivity contribution in [3.8, 4) is 0 Å². The average molecular weight is 476 g/mol. The number of pyridine rings is 1. The molecule has 0 fully saturated rings. The monoisotopic (exact) mass is 475 g/mol. The maximum atomic E-state index is 12.4. The molecule has 0 N–H and O–H groups in total. The van der Waals surface area contributed by atoms with Gasteiger partial charge in [-0.05, 0) is 47.4 Å². The first-order chi connectivity index (χ1) is 16.0. The van der Waals surface area contributed by atoms with Gasteiger partial charge < -0.3 is 4.74 Å². The standard InChI is InChI=1S/C28H23Cl2NO2/c1-18(26-13-11-19-10-12-22(30)17-27(19)31-26)20-6-5-7-21(16-20)23(14-15-29)24-8-3-4-9-25(24)28(32)33-2/h3-13,16-17,23H,1,14-15H2,2H3/t23-/m0/s1. The highest BCUT2D eigenvalue weighted by atomic mass is 35.5. The molecule has 0 saturated carbocycles. The fourth-order valence-corrected chi connectivity index (χ4v) is 4.44. The number of hydrogen-bond acceptors (Lipinski definition) is 3. The molecule has 1 aromatic heterocycles. The van der Waals surface area contributed by atoms with E-state index in [1.165, 1.54) is 7.11 Å². The topological polar surface area (TPSA) is 39.2 Å². The average Bonchev–Trinajstić information content (AvgIpc) is 2.86. The minimum atomic E-state index is -0.357. The molecular formula is C28H23Cl2NO2. The van der Waals surface area contributed by atoms with Crippen LogP contribution in [0.4, 0.5) is 0 Å². The van der Waals surface area contributed by atoms with Crippen LogP contribution < -0.4 is 0 Å². The summed E-state index contributed by atoms with van der Waals surface area (Å²) in [6.45, 7) is 4.31. The van der Waals surface area contributed by atoms with Crippen molar-refractivity contribution in [2.24, 2.45) is 0 Å². The lowest BCUT2D eigenvalue weighted by molar-refractivity contribution is 0.0599. The molecule has 0 radical (unpaired) electrons. The summed E-state index contributed by atoms with van der Waals surface area (Å²) in [5.41, 5.74) is 5.87. The molecule has 0 saturated heterocycles. The third kappa shape index (κ3) is 4.95. The van der Waals surface area contributed by atoms with Crippen molar-refractivity contribution in [3.05, 3.63) is 118 Å². The van der Waals surface area contributed by atoms with Gasteiger partial charge in [-0.3, -0.25) is 0 Å². The van der Waals surface area contributed by atoms with Gasteiger partial charge >= 0.3 is 5.97 Å². The van der Waals surface area contributed by atoms with Crippen molar-refractivity contribution in [2.75, 3.05) is 13.0 Å². The number of benzene rings is 3. The number of hydrogen-bond donors (Lipinski definition) is 0. The van der Waals surface area contributed by atoms with Crippen LogP contribution in [0.1, 0.15) is 45.1 Å². The van der Waals surface area contributed by atoms with Crippen LogP contribution in [0.3, 0.4) is 0 Å². The Hall–Kier alpha value is -3.14. The predicted octanol–water partition coefficient (Wildman–Crippen LogP) is 7.50. The van der Waals surface area contributed by atoms with Gasteiger partial charge in [-0.15, -0.1) is 11.6 Å². The largest absolute Gasteiger partial charge is 0.465 e. The van der Waals surface area contributed by atoms with Crippen LogP contribution in [0.5, 0.6) is 0 Å². The molecule has 4 rings (SSSR count). The number of carbonyl (C=O) groups excluding carboxylic acids is 1. The summed E-state index contributed by atoms with van der Waals surface area (Å²) in [5.74, 6) is 0.0388. The molecule has 3 aromatic carbocycles. The first kappa shape index (κ1) is 23.0. The van der Waals surface area contributed by atoms with Crippen molar-refractivity contribution >= 4 is 45.6 Å². The smallest absolute Gasteiger partial charge is 0.338 e. The summed E-state index contributed by atoms with van der Waals surface area (Å²) in [6, 6.07) is 25.3. The quantitative estimate of drug-likeness (QED) is 0.205. The van der Waals surface area contributed by atoms with E-state index in [0.29, 0.717) is 22.9 Å². The fraction of sp³-hybridized carbons (Fsp3) is 0.143. The van der Waals surface area contributed by atoms with Gasteiger partial charge in [-0.2, -0.15) is 0 Å². The Kier molecular flexibility index (Phi) is 7.12. The molecular weight excluding hydrogens is 453 g/mol. The molecule has 3 nitrogen and oxygen atoms in total. The summed E-state index contributed by atoms with van der Waals surface area (Å²) in [5, 5.41) is 1.67. The number of halogens is 2. The first-order valence-corrected chi connectivity index (χ1v) is 11.5. The minimum Gasteiger partial charge on any atom is -0.465 e. The number of methoxy groups -OCH3 is 1. The van der Waals surface area contributed by atoms with Crippen LogP contribution in [0, 0.1) is 0 Å². The van der Waals surface area contributed by atoms with Crippen molar-refractivity contribution in [1.82, 2.24) is 4.98 Å². The summed E-state index contributed by atoms with van der Waals surface area (Å²) < 4.78 is 5.00. The van der Waals surface area contributed by atoms with Gasteiger partial charge in [0.15, 0.2) is 0 Å². The normalized spacial score (nSPS) is 11.8. The number of ether oxygens (including phenoxy) is 1. The van der Waals surface area contributed by atoms with E-state index in [1.54, 1.807) is 6.07 Å². The van der Waals surface area contributed by atoms with Gasteiger partial charge in [0.25, 0.3) is 0 Å². The lowest BCUT2D eigenvalue weighted by atomic mass is 9.85. The van der Waals surface area contributed by atoms with Gasteiger partial charge in [-0.25, -0.2) is 9.78 Å². The zero-order valence-electron chi connectivity index (χ0n) is 18.2. The number of rotatable bonds is 7. The second-order valence-corrected chi connectivity index (χ2v) is 8.56.